The molecule has 6 nitrogen and oxygen atoms in total. The van der Waals surface area contributed by atoms with Gasteiger partial charge in [0.25, 0.3) is 5.91 Å². The zero-order valence-corrected chi connectivity index (χ0v) is 15.5. The summed E-state index contributed by atoms with van der Waals surface area (Å²) in [5.74, 6) is -0.779. The van der Waals surface area contributed by atoms with Gasteiger partial charge in [0.05, 0.1) is 12.3 Å². The zero-order chi connectivity index (χ0) is 19.8. The number of nitrogens with zero attached hydrogens (tertiary/aromatic N) is 1. The molecule has 0 saturated heterocycles. The van der Waals surface area contributed by atoms with E-state index in [1.54, 1.807) is 18.2 Å². The van der Waals surface area contributed by atoms with E-state index in [-0.39, 0.29) is 0 Å². The standard InChI is InChI=1S/C21H24N2O4/c1-15-6-8-19(20(24)22-17(3)21(25)26)14-18(15)9-7-16(2)27-13-12-23-10-4-5-11-23/h4-11,14,17H,1,12-13H2,2-3H3,(H,22,24)(H,25,26)/b16-7+,18-9-. The van der Waals surface area contributed by atoms with Crippen LogP contribution in [0.1, 0.15) is 24.2 Å². The van der Waals surface area contributed by atoms with E-state index in [9.17, 15) is 9.59 Å². The van der Waals surface area contributed by atoms with Crippen LogP contribution in [-0.2, 0) is 16.1 Å². The SMILES string of the molecule is C=c1ccc(C(=O)NC(C)C(=O)O)c/c1=C/C=C(\C)OCCn1cccc1. The van der Waals surface area contributed by atoms with E-state index < -0.39 is 17.9 Å². The van der Waals surface area contributed by atoms with Gasteiger partial charge in [-0.2, -0.15) is 0 Å². The lowest BCUT2D eigenvalue weighted by atomic mass is 10.1. The van der Waals surface area contributed by atoms with E-state index in [1.807, 2.05) is 48.2 Å². The highest BCUT2D eigenvalue weighted by molar-refractivity contribution is 5.96. The number of carbonyl (C=O) groups excluding carboxylic acids is 1. The number of allylic oxidation sites excluding steroid dienone is 2. The number of nitrogens with one attached hydrogen (secondary N) is 1. The van der Waals surface area contributed by atoms with Gasteiger partial charge in [-0.25, -0.2) is 0 Å². The molecule has 0 bridgehead atoms. The van der Waals surface area contributed by atoms with Crippen molar-refractivity contribution in [2.45, 2.75) is 26.4 Å². The summed E-state index contributed by atoms with van der Waals surface area (Å²) in [7, 11) is 0. The average Bonchev–Trinajstić information content (AvgIpc) is 3.14. The number of aromatic nitrogens is 1. The van der Waals surface area contributed by atoms with Gasteiger partial charge in [0.1, 0.15) is 12.6 Å². The fraction of sp³-hybridized carbons (Fsp3) is 0.238. The summed E-state index contributed by atoms with van der Waals surface area (Å²) in [6.07, 6.45) is 7.60. The molecule has 0 aliphatic carbocycles. The molecule has 1 amide bonds. The molecule has 27 heavy (non-hydrogen) atoms. The number of carboxylic acids is 1. The topological polar surface area (TPSA) is 80.6 Å². The summed E-state index contributed by atoms with van der Waals surface area (Å²) in [6.45, 7) is 8.54. The van der Waals surface area contributed by atoms with Gasteiger partial charge in [-0.1, -0.05) is 18.7 Å². The quantitative estimate of drug-likeness (QED) is 0.692. The van der Waals surface area contributed by atoms with Gasteiger partial charge in [0.15, 0.2) is 0 Å². The highest BCUT2D eigenvalue weighted by Crippen LogP contribution is 1.99. The Balaban J connectivity index is 2.06. The molecule has 6 heteroatoms. The highest BCUT2D eigenvalue weighted by atomic mass is 16.5. The van der Waals surface area contributed by atoms with Crippen LogP contribution in [0.2, 0.25) is 0 Å². The first-order chi connectivity index (χ1) is 12.9. The number of amides is 1. The van der Waals surface area contributed by atoms with Crippen molar-refractivity contribution >= 4 is 24.5 Å². The molecule has 2 rings (SSSR count). The van der Waals surface area contributed by atoms with Crippen LogP contribution in [-0.4, -0.2) is 34.2 Å². The Kier molecular flexibility index (Phi) is 7.00. The normalized spacial score (nSPS) is 13.3. The van der Waals surface area contributed by atoms with Gasteiger partial charge < -0.3 is 19.7 Å². The largest absolute Gasteiger partial charge is 0.496 e. The van der Waals surface area contributed by atoms with Gasteiger partial charge in [0.2, 0.25) is 0 Å². The molecule has 0 fully saturated rings. The molecular formula is C21H24N2O4. The van der Waals surface area contributed by atoms with Crippen LogP contribution >= 0.6 is 0 Å². The van der Waals surface area contributed by atoms with Crippen molar-refractivity contribution in [2.24, 2.45) is 0 Å². The number of aliphatic carboxylic acids is 1. The van der Waals surface area contributed by atoms with E-state index in [4.69, 9.17) is 9.84 Å². The smallest absolute Gasteiger partial charge is 0.325 e. The van der Waals surface area contributed by atoms with Gasteiger partial charge in [-0.3, -0.25) is 9.59 Å². The Morgan fingerprint density at radius 3 is 2.70 bits per heavy atom. The van der Waals surface area contributed by atoms with Crippen LogP contribution in [0, 0.1) is 0 Å². The lowest BCUT2D eigenvalue weighted by Gasteiger charge is -2.09. The van der Waals surface area contributed by atoms with Crippen LogP contribution in [0.25, 0.3) is 12.7 Å². The third-order valence-corrected chi connectivity index (χ3v) is 3.97. The molecule has 0 radical (unpaired) electrons. The van der Waals surface area contributed by atoms with Crippen molar-refractivity contribution < 1.29 is 19.4 Å². The van der Waals surface area contributed by atoms with Gasteiger partial charge in [-0.05, 0) is 54.6 Å². The molecule has 0 spiro atoms. The maximum absolute atomic E-state index is 12.2. The lowest BCUT2D eigenvalue weighted by Crippen LogP contribution is -2.39. The third-order valence-electron chi connectivity index (χ3n) is 3.97. The van der Waals surface area contributed by atoms with E-state index in [2.05, 4.69) is 11.9 Å². The first-order valence-electron chi connectivity index (χ1n) is 8.61. The van der Waals surface area contributed by atoms with Crippen molar-refractivity contribution in [3.63, 3.8) is 0 Å². The number of ether oxygens (including phenoxy) is 1. The molecule has 142 valence electrons. The van der Waals surface area contributed by atoms with Crippen molar-refractivity contribution in [2.75, 3.05) is 6.61 Å². The van der Waals surface area contributed by atoms with Crippen LogP contribution in [0.15, 0.2) is 54.6 Å². The monoisotopic (exact) mass is 368 g/mol. The summed E-state index contributed by atoms with van der Waals surface area (Å²) in [4.78, 5) is 23.0. The van der Waals surface area contributed by atoms with Crippen LogP contribution in [0.4, 0.5) is 0 Å². The minimum absolute atomic E-state index is 0.376. The molecule has 1 atom stereocenters. The highest BCUT2D eigenvalue weighted by Gasteiger charge is 2.14. The number of hydrogen-bond donors (Lipinski definition) is 2. The first kappa shape index (κ1) is 20.0. The molecule has 2 aromatic rings. The fourth-order valence-electron chi connectivity index (χ4n) is 2.32. The maximum Gasteiger partial charge on any atom is 0.325 e. The maximum atomic E-state index is 12.2. The van der Waals surface area contributed by atoms with E-state index in [0.717, 1.165) is 22.7 Å². The summed E-state index contributed by atoms with van der Waals surface area (Å²) in [5.41, 5.74) is 0.376. The molecule has 1 unspecified atom stereocenters. The minimum atomic E-state index is -1.08. The first-order valence-corrected chi connectivity index (χ1v) is 8.61. The molecule has 2 N–H and O–H groups in total. The van der Waals surface area contributed by atoms with Crippen molar-refractivity contribution in [3.8, 4) is 0 Å². The number of carbonyl (C=O) groups is 2. The van der Waals surface area contributed by atoms with Crippen molar-refractivity contribution in [3.05, 3.63) is 70.6 Å². The molecule has 1 aromatic heterocycles. The molecule has 1 aromatic carbocycles. The summed E-state index contributed by atoms with van der Waals surface area (Å²) in [6, 6.07) is 7.99. The summed E-state index contributed by atoms with van der Waals surface area (Å²) < 4.78 is 7.71. The molecule has 0 saturated carbocycles. The van der Waals surface area contributed by atoms with Gasteiger partial charge >= 0.3 is 5.97 Å². The van der Waals surface area contributed by atoms with Gasteiger partial charge in [-0.15, -0.1) is 0 Å². The van der Waals surface area contributed by atoms with Gasteiger partial charge in [0, 0.05) is 18.0 Å². The zero-order valence-electron chi connectivity index (χ0n) is 15.5. The Bertz CT molecular complexity index is 930. The van der Waals surface area contributed by atoms with Crippen LogP contribution in [0.5, 0.6) is 0 Å². The van der Waals surface area contributed by atoms with E-state index in [1.165, 1.54) is 6.92 Å². The number of hydrogen-bond acceptors (Lipinski definition) is 3. The van der Waals surface area contributed by atoms with Crippen LogP contribution < -0.4 is 15.8 Å². The minimum Gasteiger partial charge on any atom is -0.496 e. The molecular weight excluding hydrogens is 344 g/mol. The predicted octanol–water partition coefficient (Wildman–Crippen LogP) is 1.50. The Labute approximate surface area is 158 Å². The summed E-state index contributed by atoms with van der Waals surface area (Å²) >= 11 is 0. The molecule has 0 aliphatic rings. The van der Waals surface area contributed by atoms with E-state index >= 15 is 0 Å². The third kappa shape index (κ3) is 6.18. The van der Waals surface area contributed by atoms with Crippen molar-refractivity contribution in [1.82, 2.24) is 9.88 Å². The second-order valence-corrected chi connectivity index (χ2v) is 6.16. The molecule has 1 heterocycles. The van der Waals surface area contributed by atoms with Crippen LogP contribution in [0.3, 0.4) is 0 Å². The average molecular weight is 368 g/mol. The Morgan fingerprint density at radius 1 is 1.33 bits per heavy atom. The van der Waals surface area contributed by atoms with Crippen molar-refractivity contribution in [1.29, 1.82) is 0 Å². The van der Waals surface area contributed by atoms with E-state index in [0.29, 0.717) is 12.2 Å². The Morgan fingerprint density at radius 2 is 2.04 bits per heavy atom. The predicted molar refractivity (Wildman–Crippen MR) is 104 cm³/mol. The second kappa shape index (κ2) is 9.43. The number of rotatable bonds is 8. The lowest BCUT2D eigenvalue weighted by molar-refractivity contribution is -0.138. The number of benzene rings is 1. The fourth-order valence-corrected chi connectivity index (χ4v) is 2.32. The molecule has 0 aliphatic heterocycles. The Hall–Kier alpha value is -3.28. The number of carboxylic acid groups (broad SMARTS) is 1. The summed E-state index contributed by atoms with van der Waals surface area (Å²) in [5, 5.41) is 12.9. The second-order valence-electron chi connectivity index (χ2n) is 6.16.